The maximum Gasteiger partial charge on any atom is 0.347 e. The maximum atomic E-state index is 12.3. The topological polar surface area (TPSA) is 55.8 Å². The molecule has 2 aromatic carbocycles. The molecule has 4 nitrogen and oxygen atoms in total. The van der Waals surface area contributed by atoms with E-state index in [1.54, 1.807) is 24.3 Å². The quantitative estimate of drug-likeness (QED) is 0.601. The number of rotatable bonds is 8. The van der Waals surface area contributed by atoms with Crippen molar-refractivity contribution >= 4 is 5.97 Å². The van der Waals surface area contributed by atoms with Crippen LogP contribution in [0.25, 0.3) is 0 Å². The largest absolute Gasteiger partial charge is 0.478 e. The molecule has 1 atom stereocenters. The number of aliphatic hydroxyl groups excluding tert-OH is 1. The lowest BCUT2D eigenvalue weighted by molar-refractivity contribution is -0.150. The number of carbonyl (C=O) groups excluding carboxylic acids is 1. The summed E-state index contributed by atoms with van der Waals surface area (Å²) < 4.78 is 11.0. The lowest BCUT2D eigenvalue weighted by atomic mass is 10.1. The first-order valence-corrected chi connectivity index (χ1v) is 7.41. The minimum absolute atomic E-state index is 0.134. The number of carbonyl (C=O) groups is 1. The fourth-order valence-corrected chi connectivity index (χ4v) is 2.14. The summed E-state index contributed by atoms with van der Waals surface area (Å²) in [6.07, 6.45) is 1.11. The Bertz CT molecular complexity index is 637. The van der Waals surface area contributed by atoms with Gasteiger partial charge in [-0.3, -0.25) is 0 Å². The smallest absolute Gasteiger partial charge is 0.347 e. The normalized spacial score (nSPS) is 11.5. The fraction of sp³-hybridized carbons (Fsp3) is 0.211. The van der Waals surface area contributed by atoms with Crippen LogP contribution in [-0.2, 0) is 22.6 Å². The van der Waals surface area contributed by atoms with E-state index in [9.17, 15) is 9.90 Å². The second kappa shape index (κ2) is 8.76. The summed E-state index contributed by atoms with van der Waals surface area (Å²) in [6, 6.07) is 16.7. The Kier molecular flexibility index (Phi) is 6.39. The Morgan fingerprint density at radius 1 is 1.13 bits per heavy atom. The van der Waals surface area contributed by atoms with E-state index in [1.165, 1.54) is 6.08 Å². The number of aliphatic hydroxyl groups is 1. The zero-order valence-corrected chi connectivity index (χ0v) is 12.9. The number of ether oxygens (including phenoxy) is 2. The Labute approximate surface area is 136 Å². The minimum Gasteiger partial charge on any atom is -0.478 e. The van der Waals surface area contributed by atoms with Gasteiger partial charge in [-0.25, -0.2) is 4.79 Å². The van der Waals surface area contributed by atoms with E-state index in [0.29, 0.717) is 17.7 Å². The summed E-state index contributed by atoms with van der Waals surface area (Å²) in [5.41, 5.74) is 1.59. The molecule has 0 spiro atoms. The third-order valence-electron chi connectivity index (χ3n) is 3.28. The highest BCUT2D eigenvalue weighted by Gasteiger charge is 2.23. The van der Waals surface area contributed by atoms with E-state index in [2.05, 4.69) is 6.58 Å². The molecule has 23 heavy (non-hydrogen) atoms. The number of esters is 1. The molecule has 0 fully saturated rings. The van der Waals surface area contributed by atoms with Gasteiger partial charge in [0.05, 0.1) is 6.61 Å². The van der Waals surface area contributed by atoms with E-state index >= 15 is 0 Å². The molecule has 2 rings (SSSR count). The Hall–Kier alpha value is -2.59. The molecule has 0 unspecified atom stereocenters. The fourth-order valence-electron chi connectivity index (χ4n) is 2.14. The average molecular weight is 312 g/mol. The van der Waals surface area contributed by atoms with Gasteiger partial charge in [0.25, 0.3) is 0 Å². The second-order valence-electron chi connectivity index (χ2n) is 4.98. The molecule has 0 aliphatic carbocycles. The number of hydrogen-bond acceptors (Lipinski definition) is 4. The summed E-state index contributed by atoms with van der Waals surface area (Å²) >= 11 is 0. The van der Waals surface area contributed by atoms with E-state index in [4.69, 9.17) is 9.47 Å². The lowest BCUT2D eigenvalue weighted by Gasteiger charge is -2.19. The molecule has 0 bridgehead atoms. The van der Waals surface area contributed by atoms with Crippen LogP contribution in [-0.4, -0.2) is 23.8 Å². The minimum atomic E-state index is -0.787. The van der Waals surface area contributed by atoms with Gasteiger partial charge in [-0.15, -0.1) is 0 Å². The molecule has 0 saturated heterocycles. The van der Waals surface area contributed by atoms with Crippen LogP contribution in [0.5, 0.6) is 5.75 Å². The van der Waals surface area contributed by atoms with Gasteiger partial charge in [0.15, 0.2) is 6.10 Å². The van der Waals surface area contributed by atoms with Crippen LogP contribution in [0.15, 0.2) is 67.3 Å². The summed E-state index contributed by atoms with van der Waals surface area (Å²) in [4.78, 5) is 12.3. The highest BCUT2D eigenvalue weighted by atomic mass is 16.6. The summed E-state index contributed by atoms with van der Waals surface area (Å²) in [5.74, 6) is 0.0213. The van der Waals surface area contributed by atoms with Gasteiger partial charge in [0.1, 0.15) is 12.4 Å². The van der Waals surface area contributed by atoms with Gasteiger partial charge in [0, 0.05) is 12.0 Å². The lowest BCUT2D eigenvalue weighted by Crippen LogP contribution is -2.32. The van der Waals surface area contributed by atoms with Crippen molar-refractivity contribution in [2.45, 2.75) is 19.1 Å². The van der Waals surface area contributed by atoms with E-state index in [0.717, 1.165) is 5.56 Å². The number of benzene rings is 2. The average Bonchev–Trinajstić information content (AvgIpc) is 2.60. The number of para-hydroxylation sites is 1. The molecule has 0 aliphatic heterocycles. The Morgan fingerprint density at radius 2 is 1.83 bits per heavy atom. The van der Waals surface area contributed by atoms with Gasteiger partial charge in [-0.2, -0.15) is 0 Å². The number of hydrogen-bond donors (Lipinski definition) is 1. The molecule has 0 aliphatic rings. The zero-order valence-electron chi connectivity index (χ0n) is 12.9. The van der Waals surface area contributed by atoms with Crippen molar-refractivity contribution in [2.24, 2.45) is 0 Å². The van der Waals surface area contributed by atoms with Crippen LogP contribution in [0.2, 0.25) is 0 Å². The molecule has 0 heterocycles. The van der Waals surface area contributed by atoms with Crippen molar-refractivity contribution in [3.8, 4) is 5.75 Å². The van der Waals surface area contributed by atoms with Gasteiger partial charge in [-0.1, -0.05) is 61.2 Å². The van der Waals surface area contributed by atoms with Crippen LogP contribution in [0.4, 0.5) is 0 Å². The summed E-state index contributed by atoms with van der Waals surface area (Å²) in [6.45, 7) is 3.51. The van der Waals surface area contributed by atoms with Crippen LogP contribution in [0, 0.1) is 0 Å². The first-order valence-electron chi connectivity index (χ1n) is 7.41. The monoisotopic (exact) mass is 312 g/mol. The molecule has 1 N–H and O–H groups in total. The third-order valence-corrected chi connectivity index (χ3v) is 3.28. The highest BCUT2D eigenvalue weighted by molar-refractivity contribution is 5.75. The summed E-state index contributed by atoms with van der Waals surface area (Å²) in [5, 5.41) is 9.39. The van der Waals surface area contributed by atoms with Crippen molar-refractivity contribution in [3.05, 3.63) is 78.4 Å². The van der Waals surface area contributed by atoms with Crippen LogP contribution >= 0.6 is 0 Å². The van der Waals surface area contributed by atoms with Crippen molar-refractivity contribution in [1.82, 2.24) is 0 Å². The molecule has 4 heteroatoms. The van der Waals surface area contributed by atoms with Crippen molar-refractivity contribution in [1.29, 1.82) is 0 Å². The standard InChI is InChI=1S/C19H20O4/c1-2-12-22-19(21)18(13-15-8-4-3-5-9-15)23-17-11-7-6-10-16(17)14-20/h2-11,18,20H,1,12-14H2/t18-/m1/s1. The van der Waals surface area contributed by atoms with Crippen LogP contribution in [0.3, 0.4) is 0 Å². The van der Waals surface area contributed by atoms with Crippen LogP contribution < -0.4 is 4.74 Å². The second-order valence-corrected chi connectivity index (χ2v) is 4.98. The molecule has 0 aromatic heterocycles. The van der Waals surface area contributed by atoms with Crippen molar-refractivity contribution < 1.29 is 19.4 Å². The van der Waals surface area contributed by atoms with Gasteiger partial charge in [-0.05, 0) is 11.6 Å². The SMILES string of the molecule is C=CCOC(=O)[C@@H](Cc1ccccc1)Oc1ccccc1CO. The van der Waals surface area contributed by atoms with Crippen molar-refractivity contribution in [2.75, 3.05) is 6.61 Å². The predicted octanol–water partition coefficient (Wildman–Crippen LogP) is 2.90. The van der Waals surface area contributed by atoms with Crippen LogP contribution in [0.1, 0.15) is 11.1 Å². The highest BCUT2D eigenvalue weighted by Crippen LogP contribution is 2.21. The molecule has 0 radical (unpaired) electrons. The van der Waals surface area contributed by atoms with E-state index in [-0.39, 0.29) is 13.2 Å². The molecule has 2 aromatic rings. The van der Waals surface area contributed by atoms with E-state index < -0.39 is 12.1 Å². The molecule has 120 valence electrons. The van der Waals surface area contributed by atoms with Gasteiger partial charge in [0.2, 0.25) is 0 Å². The van der Waals surface area contributed by atoms with Gasteiger partial charge < -0.3 is 14.6 Å². The predicted molar refractivity (Wildman–Crippen MR) is 88.1 cm³/mol. The Balaban J connectivity index is 2.18. The van der Waals surface area contributed by atoms with Crippen molar-refractivity contribution in [3.63, 3.8) is 0 Å². The summed E-state index contributed by atoms with van der Waals surface area (Å²) in [7, 11) is 0. The first-order chi connectivity index (χ1) is 11.2. The third kappa shape index (κ3) is 4.97. The molecular formula is C19H20O4. The first kappa shape index (κ1) is 16.8. The van der Waals surface area contributed by atoms with E-state index in [1.807, 2.05) is 30.3 Å². The zero-order chi connectivity index (χ0) is 16.5. The Morgan fingerprint density at radius 3 is 2.52 bits per heavy atom. The van der Waals surface area contributed by atoms with Gasteiger partial charge >= 0.3 is 5.97 Å². The molecular weight excluding hydrogens is 292 g/mol. The molecule has 0 saturated carbocycles. The maximum absolute atomic E-state index is 12.3. The molecule has 0 amide bonds.